The van der Waals surface area contributed by atoms with Crippen molar-refractivity contribution >= 4 is 0 Å². The highest BCUT2D eigenvalue weighted by atomic mass is 16.3. The number of hydrogen-bond donors (Lipinski definition) is 2. The van der Waals surface area contributed by atoms with E-state index in [1.165, 1.54) is 5.56 Å². The lowest BCUT2D eigenvalue weighted by Crippen LogP contribution is -2.13. The van der Waals surface area contributed by atoms with E-state index in [-0.39, 0.29) is 6.54 Å². The fourth-order valence-electron chi connectivity index (χ4n) is 1.31. The zero-order valence-electron chi connectivity index (χ0n) is 7.33. The molecule has 0 aliphatic carbocycles. The van der Waals surface area contributed by atoms with Crippen LogP contribution in [0.15, 0.2) is 24.3 Å². The van der Waals surface area contributed by atoms with Crippen LogP contribution >= 0.6 is 0 Å². The van der Waals surface area contributed by atoms with Crippen molar-refractivity contribution in [1.29, 1.82) is 0 Å². The SMILES string of the molecule is CCc1ccccc1C(O)CN. The molecule has 0 saturated heterocycles. The second kappa shape index (κ2) is 4.24. The molecule has 0 heterocycles. The molecule has 2 heteroatoms. The average Bonchev–Trinajstić information content (AvgIpc) is 2.16. The van der Waals surface area contributed by atoms with Crippen LogP contribution in [0.3, 0.4) is 0 Å². The Morgan fingerprint density at radius 2 is 2.08 bits per heavy atom. The lowest BCUT2D eigenvalue weighted by Gasteiger charge is -2.11. The van der Waals surface area contributed by atoms with Crippen LogP contribution < -0.4 is 5.73 Å². The van der Waals surface area contributed by atoms with Crippen LogP contribution in [-0.2, 0) is 6.42 Å². The van der Waals surface area contributed by atoms with E-state index in [0.29, 0.717) is 0 Å². The highest BCUT2D eigenvalue weighted by Gasteiger charge is 2.07. The molecular formula is C10H15NO. The molecule has 0 spiro atoms. The highest BCUT2D eigenvalue weighted by Crippen LogP contribution is 2.16. The maximum Gasteiger partial charge on any atom is 0.0914 e. The summed E-state index contributed by atoms with van der Waals surface area (Å²) >= 11 is 0. The zero-order chi connectivity index (χ0) is 8.97. The number of hydrogen-bond acceptors (Lipinski definition) is 2. The van der Waals surface area contributed by atoms with Gasteiger partial charge in [0.1, 0.15) is 0 Å². The molecule has 0 aliphatic heterocycles. The largest absolute Gasteiger partial charge is 0.387 e. The molecular weight excluding hydrogens is 150 g/mol. The summed E-state index contributed by atoms with van der Waals surface area (Å²) in [4.78, 5) is 0. The average molecular weight is 165 g/mol. The van der Waals surface area contributed by atoms with Gasteiger partial charge >= 0.3 is 0 Å². The van der Waals surface area contributed by atoms with Crippen molar-refractivity contribution in [3.05, 3.63) is 35.4 Å². The van der Waals surface area contributed by atoms with Crippen molar-refractivity contribution in [2.24, 2.45) is 5.73 Å². The van der Waals surface area contributed by atoms with Crippen LogP contribution in [0.25, 0.3) is 0 Å². The summed E-state index contributed by atoms with van der Waals surface area (Å²) in [6.07, 6.45) is 0.425. The number of aliphatic hydroxyl groups excluding tert-OH is 1. The molecule has 0 radical (unpaired) electrons. The van der Waals surface area contributed by atoms with E-state index in [2.05, 4.69) is 6.92 Å². The van der Waals surface area contributed by atoms with Crippen molar-refractivity contribution in [3.8, 4) is 0 Å². The second-order valence-electron chi connectivity index (χ2n) is 2.80. The molecule has 1 rings (SSSR count). The first-order chi connectivity index (χ1) is 5.79. The van der Waals surface area contributed by atoms with Gasteiger partial charge in [0.15, 0.2) is 0 Å². The normalized spacial score (nSPS) is 12.9. The predicted octanol–water partition coefficient (Wildman–Crippen LogP) is 1.24. The molecule has 1 aromatic carbocycles. The summed E-state index contributed by atoms with van der Waals surface area (Å²) in [5.41, 5.74) is 7.51. The van der Waals surface area contributed by atoms with Gasteiger partial charge in [-0.2, -0.15) is 0 Å². The van der Waals surface area contributed by atoms with Crippen molar-refractivity contribution in [3.63, 3.8) is 0 Å². The topological polar surface area (TPSA) is 46.2 Å². The Balaban J connectivity index is 2.96. The fourth-order valence-corrected chi connectivity index (χ4v) is 1.31. The molecule has 0 amide bonds. The Morgan fingerprint density at radius 1 is 1.42 bits per heavy atom. The molecule has 1 unspecified atom stereocenters. The first-order valence-electron chi connectivity index (χ1n) is 4.25. The van der Waals surface area contributed by atoms with Crippen LogP contribution in [0.4, 0.5) is 0 Å². The van der Waals surface area contributed by atoms with E-state index in [1.807, 2.05) is 24.3 Å². The fraction of sp³-hybridized carbons (Fsp3) is 0.400. The number of benzene rings is 1. The second-order valence-corrected chi connectivity index (χ2v) is 2.80. The van der Waals surface area contributed by atoms with E-state index >= 15 is 0 Å². The molecule has 2 nitrogen and oxygen atoms in total. The number of rotatable bonds is 3. The Hall–Kier alpha value is -0.860. The van der Waals surface area contributed by atoms with Crippen LogP contribution in [0, 0.1) is 0 Å². The minimum atomic E-state index is -0.513. The third-order valence-corrected chi connectivity index (χ3v) is 2.02. The highest BCUT2D eigenvalue weighted by molar-refractivity contribution is 5.29. The maximum atomic E-state index is 9.52. The molecule has 0 aliphatic rings. The molecule has 12 heavy (non-hydrogen) atoms. The minimum Gasteiger partial charge on any atom is -0.387 e. The van der Waals surface area contributed by atoms with Crippen LogP contribution in [0.1, 0.15) is 24.2 Å². The van der Waals surface area contributed by atoms with Gasteiger partial charge in [0.2, 0.25) is 0 Å². The molecule has 66 valence electrons. The van der Waals surface area contributed by atoms with Gasteiger partial charge in [-0.15, -0.1) is 0 Å². The maximum absolute atomic E-state index is 9.52. The Bertz CT molecular complexity index is 247. The predicted molar refractivity (Wildman–Crippen MR) is 49.8 cm³/mol. The Kier molecular flexibility index (Phi) is 3.26. The van der Waals surface area contributed by atoms with Crippen LogP contribution in [0.5, 0.6) is 0 Å². The van der Waals surface area contributed by atoms with Gasteiger partial charge in [-0.1, -0.05) is 31.2 Å². The van der Waals surface area contributed by atoms with E-state index in [9.17, 15) is 5.11 Å². The zero-order valence-corrected chi connectivity index (χ0v) is 7.33. The lowest BCUT2D eigenvalue weighted by molar-refractivity contribution is 0.185. The van der Waals surface area contributed by atoms with Gasteiger partial charge in [-0.05, 0) is 17.5 Å². The van der Waals surface area contributed by atoms with E-state index in [0.717, 1.165) is 12.0 Å². The summed E-state index contributed by atoms with van der Waals surface area (Å²) in [7, 11) is 0. The quantitative estimate of drug-likeness (QED) is 0.708. The minimum absolute atomic E-state index is 0.289. The van der Waals surface area contributed by atoms with Crippen molar-refractivity contribution in [2.75, 3.05) is 6.54 Å². The van der Waals surface area contributed by atoms with Crippen molar-refractivity contribution in [2.45, 2.75) is 19.4 Å². The Labute approximate surface area is 73.0 Å². The molecule has 0 saturated carbocycles. The molecule has 3 N–H and O–H groups in total. The summed E-state index contributed by atoms with van der Waals surface area (Å²) in [6.45, 7) is 2.36. The first kappa shape index (κ1) is 9.23. The van der Waals surface area contributed by atoms with E-state index in [1.54, 1.807) is 0 Å². The van der Waals surface area contributed by atoms with Gasteiger partial charge in [0.25, 0.3) is 0 Å². The molecule has 1 aromatic rings. The van der Waals surface area contributed by atoms with Gasteiger partial charge in [0, 0.05) is 6.54 Å². The lowest BCUT2D eigenvalue weighted by atomic mass is 10.0. The number of aryl methyl sites for hydroxylation is 1. The van der Waals surface area contributed by atoms with Gasteiger partial charge < -0.3 is 10.8 Å². The van der Waals surface area contributed by atoms with Gasteiger partial charge in [0.05, 0.1) is 6.10 Å². The van der Waals surface area contributed by atoms with Crippen LogP contribution in [0.2, 0.25) is 0 Å². The molecule has 0 aromatic heterocycles. The Morgan fingerprint density at radius 3 is 2.67 bits per heavy atom. The van der Waals surface area contributed by atoms with Crippen molar-refractivity contribution in [1.82, 2.24) is 0 Å². The summed E-state index contributed by atoms with van der Waals surface area (Å²) in [6, 6.07) is 7.85. The summed E-state index contributed by atoms with van der Waals surface area (Å²) in [5, 5.41) is 9.52. The van der Waals surface area contributed by atoms with Crippen LogP contribution in [-0.4, -0.2) is 11.7 Å². The van der Waals surface area contributed by atoms with Crippen molar-refractivity contribution < 1.29 is 5.11 Å². The third kappa shape index (κ3) is 1.84. The summed E-state index contributed by atoms with van der Waals surface area (Å²) < 4.78 is 0. The summed E-state index contributed by atoms with van der Waals surface area (Å²) in [5.74, 6) is 0. The monoisotopic (exact) mass is 165 g/mol. The van der Waals surface area contributed by atoms with E-state index < -0.39 is 6.10 Å². The third-order valence-electron chi connectivity index (χ3n) is 2.02. The van der Waals surface area contributed by atoms with Gasteiger partial charge in [-0.25, -0.2) is 0 Å². The first-order valence-corrected chi connectivity index (χ1v) is 4.25. The standard InChI is InChI=1S/C10H15NO/c1-2-8-5-3-4-6-9(8)10(12)7-11/h3-6,10,12H,2,7,11H2,1H3. The van der Waals surface area contributed by atoms with Gasteiger partial charge in [-0.3, -0.25) is 0 Å². The molecule has 0 fully saturated rings. The van der Waals surface area contributed by atoms with E-state index in [4.69, 9.17) is 5.73 Å². The molecule has 1 atom stereocenters. The number of aliphatic hydroxyl groups is 1. The molecule has 0 bridgehead atoms. The smallest absolute Gasteiger partial charge is 0.0914 e. The number of nitrogens with two attached hydrogens (primary N) is 1.